The summed E-state index contributed by atoms with van der Waals surface area (Å²) in [7, 11) is 1.71. The molecule has 15 heteroatoms. The molecule has 3 heterocycles. The fraction of sp³-hybridized carbons (Fsp3) is 0.480. The Kier molecular flexibility index (Phi) is 8.83. The molecule has 0 aliphatic carbocycles. The van der Waals surface area contributed by atoms with Gasteiger partial charge in [0, 0.05) is 68.2 Å². The highest BCUT2D eigenvalue weighted by molar-refractivity contribution is 9.10. The molecular formula is C25H29BrF3N7O4. The zero-order chi connectivity index (χ0) is 29.2. The maximum atomic E-state index is 13.6. The van der Waals surface area contributed by atoms with Crippen LogP contribution in [0.3, 0.4) is 0 Å². The number of nitro benzene ring substituents is 1. The number of pyridine rings is 1. The van der Waals surface area contributed by atoms with Crippen LogP contribution in [0.15, 0.2) is 35.1 Å². The number of anilines is 2. The highest BCUT2D eigenvalue weighted by atomic mass is 79.9. The minimum absolute atomic E-state index is 0.00338. The smallest absolute Gasteiger partial charge is 0.387 e. The van der Waals surface area contributed by atoms with E-state index in [-0.39, 0.29) is 34.7 Å². The van der Waals surface area contributed by atoms with Crippen LogP contribution in [0.2, 0.25) is 0 Å². The Morgan fingerprint density at radius 2 is 1.90 bits per heavy atom. The summed E-state index contributed by atoms with van der Waals surface area (Å²) in [6.45, 7) is 1.57. The molecule has 0 radical (unpaired) electrons. The van der Waals surface area contributed by atoms with Gasteiger partial charge in [-0.05, 0) is 31.9 Å². The Morgan fingerprint density at radius 1 is 1.15 bits per heavy atom. The van der Waals surface area contributed by atoms with Gasteiger partial charge in [0.1, 0.15) is 11.7 Å². The largest absolute Gasteiger partial charge is 0.405 e. The normalized spacial score (nSPS) is 21.6. The number of nitro groups is 1. The van der Waals surface area contributed by atoms with Crippen molar-refractivity contribution in [3.63, 3.8) is 0 Å². The lowest BCUT2D eigenvalue weighted by atomic mass is 10.0. The summed E-state index contributed by atoms with van der Waals surface area (Å²) in [5, 5.41) is 20.5. The quantitative estimate of drug-likeness (QED) is 0.325. The summed E-state index contributed by atoms with van der Waals surface area (Å²) < 4.78 is 40.7. The molecule has 40 heavy (non-hydrogen) atoms. The summed E-state index contributed by atoms with van der Waals surface area (Å²) in [5.41, 5.74) is 0.436. The summed E-state index contributed by atoms with van der Waals surface area (Å²) in [6, 6.07) is 1.26. The average Bonchev–Trinajstić information content (AvgIpc) is 2.92. The second-order valence-corrected chi connectivity index (χ2v) is 10.8. The van der Waals surface area contributed by atoms with E-state index in [9.17, 15) is 32.9 Å². The van der Waals surface area contributed by atoms with Crippen LogP contribution in [0.1, 0.15) is 40.5 Å². The van der Waals surface area contributed by atoms with Gasteiger partial charge in [0.15, 0.2) is 0 Å². The number of alkyl halides is 3. The van der Waals surface area contributed by atoms with Crippen molar-refractivity contribution in [2.45, 2.75) is 44.1 Å². The molecule has 2 amide bonds. The molecule has 4 rings (SSSR count). The van der Waals surface area contributed by atoms with E-state index in [0.717, 1.165) is 4.90 Å². The third-order valence-electron chi connectivity index (χ3n) is 6.91. The molecule has 216 valence electrons. The SMILES string of the molecule is CNc1cncc(C(=O)N2CCC[C@@H](Nc3c(C(=O)N4CC(C)N[C@H](C(F)(F)F)C4)cc(Br)cc3[N+](=O)[O-])C2)c1. The van der Waals surface area contributed by atoms with Crippen molar-refractivity contribution in [3.05, 3.63) is 56.3 Å². The number of hydrogen-bond acceptors (Lipinski definition) is 8. The van der Waals surface area contributed by atoms with Crippen LogP contribution in [-0.4, -0.2) is 89.0 Å². The van der Waals surface area contributed by atoms with E-state index in [4.69, 9.17) is 0 Å². The predicted molar refractivity (Wildman–Crippen MR) is 145 cm³/mol. The first-order valence-electron chi connectivity index (χ1n) is 12.7. The molecule has 3 atom stereocenters. The first kappa shape index (κ1) is 29.5. The maximum absolute atomic E-state index is 13.6. The molecule has 1 aromatic heterocycles. The number of rotatable bonds is 6. The molecule has 0 saturated carbocycles. The van der Waals surface area contributed by atoms with Crippen LogP contribution in [-0.2, 0) is 0 Å². The Morgan fingerprint density at radius 3 is 2.58 bits per heavy atom. The molecule has 2 aliphatic rings. The number of nitrogens with zero attached hydrogens (tertiary/aromatic N) is 4. The number of benzene rings is 1. The number of halogens is 4. The third kappa shape index (κ3) is 6.63. The minimum atomic E-state index is -4.57. The number of carbonyl (C=O) groups is 2. The maximum Gasteiger partial charge on any atom is 0.405 e. The van der Waals surface area contributed by atoms with Crippen LogP contribution in [0.25, 0.3) is 0 Å². The summed E-state index contributed by atoms with van der Waals surface area (Å²) in [4.78, 5) is 44.9. The number of nitrogens with one attached hydrogen (secondary N) is 3. The molecule has 3 N–H and O–H groups in total. The van der Waals surface area contributed by atoms with E-state index in [0.29, 0.717) is 30.6 Å². The Labute approximate surface area is 236 Å². The third-order valence-corrected chi connectivity index (χ3v) is 7.36. The van der Waals surface area contributed by atoms with E-state index in [2.05, 4.69) is 36.9 Å². The molecule has 11 nitrogen and oxygen atoms in total. The summed E-state index contributed by atoms with van der Waals surface area (Å²) >= 11 is 3.20. The van der Waals surface area contributed by atoms with Gasteiger partial charge in [-0.15, -0.1) is 0 Å². The fourth-order valence-corrected chi connectivity index (χ4v) is 5.47. The number of piperazine rings is 1. The van der Waals surface area contributed by atoms with Crippen molar-refractivity contribution in [1.82, 2.24) is 20.1 Å². The topological polar surface area (TPSA) is 133 Å². The molecule has 0 bridgehead atoms. The zero-order valence-electron chi connectivity index (χ0n) is 21.8. The standard InChI is InChI=1S/C25H29BrF3N7O4/c1-14-11-35(13-21(32-14)25(27,28)29)24(38)19-7-16(26)8-20(36(39)40)22(19)33-17-4-3-5-34(12-17)23(37)15-6-18(30-2)10-31-9-15/h6-10,14,17,21,30,32-33H,3-5,11-13H2,1-2H3/t14?,17-,21+/m1/s1. The number of hydrogen-bond donors (Lipinski definition) is 3. The fourth-order valence-electron chi connectivity index (χ4n) is 5.03. The molecular weight excluding hydrogens is 599 g/mol. The predicted octanol–water partition coefficient (Wildman–Crippen LogP) is 3.88. The van der Waals surface area contributed by atoms with E-state index >= 15 is 0 Å². The van der Waals surface area contributed by atoms with Crippen LogP contribution in [0, 0.1) is 10.1 Å². The van der Waals surface area contributed by atoms with Crippen molar-refractivity contribution < 1.29 is 27.7 Å². The zero-order valence-corrected chi connectivity index (χ0v) is 23.4. The molecule has 2 fully saturated rings. The van der Waals surface area contributed by atoms with Gasteiger partial charge in [-0.25, -0.2) is 0 Å². The van der Waals surface area contributed by atoms with Gasteiger partial charge < -0.3 is 25.8 Å². The van der Waals surface area contributed by atoms with Crippen molar-refractivity contribution in [2.24, 2.45) is 0 Å². The molecule has 0 spiro atoms. The number of likely N-dealkylation sites (tertiary alicyclic amines) is 1. The second kappa shape index (κ2) is 12.0. The molecule has 2 saturated heterocycles. The Hall–Kier alpha value is -3.46. The van der Waals surface area contributed by atoms with Crippen molar-refractivity contribution >= 4 is 44.8 Å². The van der Waals surface area contributed by atoms with E-state index in [1.807, 2.05) is 0 Å². The number of carbonyl (C=O) groups excluding carboxylic acids is 2. The first-order chi connectivity index (χ1) is 18.9. The molecule has 1 unspecified atom stereocenters. The van der Waals surface area contributed by atoms with Gasteiger partial charge in [-0.3, -0.25) is 24.7 Å². The summed E-state index contributed by atoms with van der Waals surface area (Å²) in [6.07, 6.45) is -0.380. The van der Waals surface area contributed by atoms with E-state index in [1.165, 1.54) is 25.3 Å². The van der Waals surface area contributed by atoms with Crippen LogP contribution in [0.5, 0.6) is 0 Å². The van der Waals surface area contributed by atoms with Gasteiger partial charge in [-0.1, -0.05) is 15.9 Å². The molecule has 1 aromatic carbocycles. The van der Waals surface area contributed by atoms with Crippen LogP contribution < -0.4 is 16.0 Å². The van der Waals surface area contributed by atoms with Crippen molar-refractivity contribution in [1.29, 1.82) is 0 Å². The number of amides is 2. The van der Waals surface area contributed by atoms with Crippen molar-refractivity contribution in [2.75, 3.05) is 43.9 Å². The average molecular weight is 628 g/mol. The van der Waals surface area contributed by atoms with Crippen LogP contribution in [0.4, 0.5) is 30.2 Å². The number of aromatic nitrogens is 1. The van der Waals surface area contributed by atoms with E-state index in [1.54, 1.807) is 24.2 Å². The van der Waals surface area contributed by atoms with Gasteiger partial charge >= 0.3 is 6.18 Å². The molecule has 2 aliphatic heterocycles. The summed E-state index contributed by atoms with van der Waals surface area (Å²) in [5.74, 6) is -1.01. The lowest BCUT2D eigenvalue weighted by molar-refractivity contribution is -0.384. The van der Waals surface area contributed by atoms with Crippen molar-refractivity contribution in [3.8, 4) is 0 Å². The highest BCUT2D eigenvalue weighted by Crippen LogP contribution is 2.35. The first-order valence-corrected chi connectivity index (χ1v) is 13.4. The van der Waals surface area contributed by atoms with Gasteiger partial charge in [0.05, 0.1) is 21.7 Å². The van der Waals surface area contributed by atoms with E-state index < -0.39 is 47.4 Å². The Balaban J connectivity index is 1.61. The van der Waals surface area contributed by atoms with Gasteiger partial charge in [0.2, 0.25) is 0 Å². The van der Waals surface area contributed by atoms with Gasteiger partial charge in [-0.2, -0.15) is 13.2 Å². The Bertz CT molecular complexity index is 1300. The highest BCUT2D eigenvalue weighted by Gasteiger charge is 2.45. The molecule has 2 aromatic rings. The van der Waals surface area contributed by atoms with Gasteiger partial charge in [0.25, 0.3) is 17.5 Å². The monoisotopic (exact) mass is 627 g/mol. The second-order valence-electron chi connectivity index (χ2n) is 9.92. The lowest BCUT2D eigenvalue weighted by Crippen LogP contribution is -2.61. The van der Waals surface area contributed by atoms with Crippen LogP contribution >= 0.6 is 15.9 Å². The minimum Gasteiger partial charge on any atom is -0.387 e. The lowest BCUT2D eigenvalue weighted by Gasteiger charge is -2.39. The number of piperidine rings is 1.